The van der Waals surface area contributed by atoms with Crippen LogP contribution in [0.4, 0.5) is 4.79 Å². The molecule has 0 aromatic heterocycles. The third-order valence-electron chi connectivity index (χ3n) is 4.47. The molecule has 0 unspecified atom stereocenters. The van der Waals surface area contributed by atoms with Crippen LogP contribution in [0.2, 0.25) is 0 Å². The highest BCUT2D eigenvalue weighted by atomic mass is 32.2. The summed E-state index contributed by atoms with van der Waals surface area (Å²) in [5.41, 5.74) is 3.55. The van der Waals surface area contributed by atoms with Crippen LogP contribution in [0.15, 0.2) is 48.5 Å². The SMILES string of the molecule is O=C(O)CCCS(=O)(=O)NC(=O)CNC(=O)OC1c2ccccc2-c2ccccc21. The first-order valence-corrected chi connectivity index (χ1v) is 10.8. The molecule has 2 aromatic carbocycles. The van der Waals surface area contributed by atoms with Gasteiger partial charge in [-0.2, -0.15) is 0 Å². The standard InChI is InChI=1S/C20H20N2O7S/c23-17(22-30(27,28)11-5-10-18(24)25)12-21-20(26)29-19-15-8-3-1-6-13(15)14-7-2-4-9-16(14)19/h1-4,6-9,19H,5,10-12H2,(H,21,26)(H,22,23)(H,24,25). The number of hydrogen-bond acceptors (Lipinski definition) is 6. The molecule has 1 aliphatic carbocycles. The van der Waals surface area contributed by atoms with Crippen molar-refractivity contribution in [2.45, 2.75) is 18.9 Å². The smallest absolute Gasteiger partial charge is 0.408 e. The average Bonchev–Trinajstić information content (AvgIpc) is 3.00. The highest BCUT2D eigenvalue weighted by Crippen LogP contribution is 2.44. The molecular formula is C20H20N2O7S. The van der Waals surface area contributed by atoms with E-state index in [-0.39, 0.29) is 12.8 Å². The van der Waals surface area contributed by atoms with Crippen molar-refractivity contribution >= 4 is 28.0 Å². The van der Waals surface area contributed by atoms with Crippen LogP contribution in [0.25, 0.3) is 11.1 Å². The fraction of sp³-hybridized carbons (Fsp3) is 0.250. The molecule has 30 heavy (non-hydrogen) atoms. The van der Waals surface area contributed by atoms with Gasteiger partial charge in [0, 0.05) is 17.5 Å². The van der Waals surface area contributed by atoms with Gasteiger partial charge in [-0.3, -0.25) is 14.3 Å². The lowest BCUT2D eigenvalue weighted by atomic mass is 10.1. The van der Waals surface area contributed by atoms with Gasteiger partial charge in [0.2, 0.25) is 10.0 Å². The van der Waals surface area contributed by atoms with E-state index in [0.717, 1.165) is 22.3 Å². The molecule has 3 rings (SSSR count). The molecule has 0 radical (unpaired) electrons. The van der Waals surface area contributed by atoms with Crippen molar-refractivity contribution in [1.82, 2.24) is 10.0 Å². The third kappa shape index (κ3) is 5.15. The number of carboxylic acids is 1. The van der Waals surface area contributed by atoms with E-state index in [0.29, 0.717) is 0 Å². The van der Waals surface area contributed by atoms with Gasteiger partial charge in [0.25, 0.3) is 5.91 Å². The number of rotatable bonds is 8. The minimum absolute atomic E-state index is 0.131. The number of amides is 2. The zero-order valence-electron chi connectivity index (χ0n) is 15.8. The van der Waals surface area contributed by atoms with Crippen LogP contribution in [0.1, 0.15) is 30.1 Å². The topological polar surface area (TPSA) is 139 Å². The number of hydrogen-bond donors (Lipinski definition) is 3. The van der Waals surface area contributed by atoms with Crippen molar-refractivity contribution in [3.63, 3.8) is 0 Å². The summed E-state index contributed by atoms with van der Waals surface area (Å²) in [6.45, 7) is -0.604. The summed E-state index contributed by atoms with van der Waals surface area (Å²) >= 11 is 0. The van der Waals surface area contributed by atoms with Gasteiger partial charge >= 0.3 is 12.1 Å². The number of sulfonamides is 1. The summed E-state index contributed by atoms with van der Waals surface area (Å²) in [5, 5.41) is 10.8. The number of ether oxygens (including phenoxy) is 1. The second kappa shape index (κ2) is 8.95. The minimum Gasteiger partial charge on any atom is -0.481 e. The third-order valence-corrected chi connectivity index (χ3v) is 5.83. The van der Waals surface area contributed by atoms with Crippen molar-refractivity contribution in [2.75, 3.05) is 12.3 Å². The van der Waals surface area contributed by atoms with Gasteiger partial charge in [-0.15, -0.1) is 0 Å². The molecular weight excluding hydrogens is 412 g/mol. The van der Waals surface area contributed by atoms with E-state index < -0.39 is 46.4 Å². The number of fused-ring (bicyclic) bond motifs is 3. The van der Waals surface area contributed by atoms with Crippen molar-refractivity contribution < 1.29 is 32.6 Å². The molecule has 3 N–H and O–H groups in total. The maximum atomic E-state index is 12.2. The number of alkyl carbamates (subject to hydrolysis) is 1. The van der Waals surface area contributed by atoms with Crippen molar-refractivity contribution in [2.24, 2.45) is 0 Å². The second-order valence-corrected chi connectivity index (χ2v) is 8.50. The molecule has 0 heterocycles. The van der Waals surface area contributed by atoms with Crippen molar-refractivity contribution in [3.05, 3.63) is 59.7 Å². The summed E-state index contributed by atoms with van der Waals surface area (Å²) in [6, 6.07) is 15.0. The molecule has 0 atom stereocenters. The molecule has 0 bridgehead atoms. The van der Waals surface area contributed by atoms with Gasteiger partial charge < -0.3 is 15.2 Å². The first kappa shape index (κ1) is 21.3. The Bertz CT molecular complexity index is 1040. The zero-order chi connectivity index (χ0) is 21.7. The number of nitrogens with one attached hydrogen (secondary N) is 2. The molecule has 0 aliphatic heterocycles. The summed E-state index contributed by atoms with van der Waals surface area (Å²) in [5.74, 6) is -2.59. The Kier molecular flexibility index (Phi) is 6.36. The van der Waals surface area contributed by atoms with Crippen LogP contribution in [0.3, 0.4) is 0 Å². The largest absolute Gasteiger partial charge is 0.481 e. The maximum absolute atomic E-state index is 12.2. The van der Waals surface area contributed by atoms with Crippen LogP contribution < -0.4 is 10.0 Å². The molecule has 0 saturated heterocycles. The van der Waals surface area contributed by atoms with Gasteiger partial charge in [-0.25, -0.2) is 13.2 Å². The number of carbonyl (C=O) groups excluding carboxylic acids is 2. The Hall–Kier alpha value is -3.40. The summed E-state index contributed by atoms with van der Waals surface area (Å²) in [4.78, 5) is 34.5. The minimum atomic E-state index is -3.98. The van der Waals surface area contributed by atoms with Crippen LogP contribution >= 0.6 is 0 Å². The van der Waals surface area contributed by atoms with Gasteiger partial charge in [-0.05, 0) is 17.5 Å². The van der Waals surface area contributed by atoms with E-state index in [2.05, 4.69) is 5.32 Å². The molecule has 2 amide bonds. The lowest BCUT2D eigenvalue weighted by molar-refractivity contribution is -0.137. The molecule has 2 aromatic rings. The fourth-order valence-corrected chi connectivity index (χ4v) is 4.26. The Morgan fingerprint density at radius 2 is 1.53 bits per heavy atom. The molecule has 10 heteroatoms. The van der Waals surface area contributed by atoms with Crippen LogP contribution in [-0.4, -0.2) is 43.8 Å². The van der Waals surface area contributed by atoms with Gasteiger partial charge in [-0.1, -0.05) is 48.5 Å². The number of aliphatic carboxylic acids is 1. The van der Waals surface area contributed by atoms with Crippen molar-refractivity contribution in [3.8, 4) is 11.1 Å². The second-order valence-electron chi connectivity index (χ2n) is 6.65. The quantitative estimate of drug-likeness (QED) is 0.578. The Morgan fingerprint density at radius 1 is 0.967 bits per heavy atom. The average molecular weight is 432 g/mol. The zero-order valence-corrected chi connectivity index (χ0v) is 16.6. The molecule has 158 valence electrons. The maximum Gasteiger partial charge on any atom is 0.408 e. The normalized spacial score (nSPS) is 12.5. The number of carbonyl (C=O) groups is 3. The van der Waals surface area contributed by atoms with E-state index in [1.165, 1.54) is 0 Å². The molecule has 9 nitrogen and oxygen atoms in total. The molecule has 1 aliphatic rings. The first-order chi connectivity index (χ1) is 14.3. The summed E-state index contributed by atoms with van der Waals surface area (Å²) < 4.78 is 30.8. The Labute approximate surface area is 173 Å². The molecule has 0 saturated carbocycles. The van der Waals surface area contributed by atoms with Gasteiger partial charge in [0.15, 0.2) is 6.10 Å². The predicted octanol–water partition coefficient (Wildman–Crippen LogP) is 1.79. The first-order valence-electron chi connectivity index (χ1n) is 9.14. The molecule has 0 fully saturated rings. The Balaban J connectivity index is 1.55. The summed E-state index contributed by atoms with van der Waals surface area (Å²) in [6.07, 6.45) is -1.97. The highest BCUT2D eigenvalue weighted by molar-refractivity contribution is 7.90. The van der Waals surface area contributed by atoms with E-state index in [9.17, 15) is 22.8 Å². The Morgan fingerprint density at radius 3 is 2.10 bits per heavy atom. The van der Waals surface area contributed by atoms with Crippen LogP contribution in [-0.2, 0) is 24.3 Å². The van der Waals surface area contributed by atoms with Gasteiger partial charge in [0.05, 0.1) is 5.75 Å². The fourth-order valence-electron chi connectivity index (χ4n) is 3.21. The van der Waals surface area contributed by atoms with Crippen molar-refractivity contribution in [1.29, 1.82) is 0 Å². The molecule has 0 spiro atoms. The lowest BCUT2D eigenvalue weighted by Gasteiger charge is -2.15. The predicted molar refractivity (Wildman–Crippen MR) is 107 cm³/mol. The number of benzene rings is 2. The monoisotopic (exact) mass is 432 g/mol. The highest BCUT2D eigenvalue weighted by Gasteiger charge is 2.31. The van der Waals surface area contributed by atoms with Crippen LogP contribution in [0, 0.1) is 0 Å². The van der Waals surface area contributed by atoms with E-state index in [4.69, 9.17) is 9.84 Å². The van der Waals surface area contributed by atoms with E-state index in [1.807, 2.05) is 48.5 Å². The number of carboxylic acid groups (broad SMARTS) is 1. The van der Waals surface area contributed by atoms with Gasteiger partial charge in [0.1, 0.15) is 6.54 Å². The summed E-state index contributed by atoms with van der Waals surface area (Å²) in [7, 11) is -3.98. The van der Waals surface area contributed by atoms with E-state index >= 15 is 0 Å². The lowest BCUT2D eigenvalue weighted by Crippen LogP contribution is -2.41. The van der Waals surface area contributed by atoms with Crippen LogP contribution in [0.5, 0.6) is 0 Å². The van der Waals surface area contributed by atoms with E-state index in [1.54, 1.807) is 4.72 Å².